The van der Waals surface area contributed by atoms with Gasteiger partial charge < -0.3 is 15.4 Å². The Labute approximate surface area is 126 Å². The quantitative estimate of drug-likeness (QED) is 0.828. The van der Waals surface area contributed by atoms with Crippen LogP contribution in [0.3, 0.4) is 0 Å². The number of carbonyl (C=O) groups is 1. The lowest BCUT2D eigenvalue weighted by Gasteiger charge is -2.09. The van der Waals surface area contributed by atoms with Crippen molar-refractivity contribution in [2.24, 2.45) is 0 Å². The molecular weight excluding hydrogens is 295 g/mol. The second kappa shape index (κ2) is 7.50. The van der Waals surface area contributed by atoms with Crippen molar-refractivity contribution >= 4 is 23.3 Å². The highest BCUT2D eigenvalue weighted by molar-refractivity contribution is 6.31. The van der Waals surface area contributed by atoms with Crippen molar-refractivity contribution in [2.45, 2.75) is 0 Å². The predicted octanol–water partition coefficient (Wildman–Crippen LogP) is 3.68. The van der Waals surface area contributed by atoms with Crippen molar-refractivity contribution in [1.82, 2.24) is 5.32 Å². The van der Waals surface area contributed by atoms with E-state index in [9.17, 15) is 9.18 Å². The van der Waals surface area contributed by atoms with E-state index in [-0.39, 0.29) is 5.02 Å². The second-order valence-corrected chi connectivity index (χ2v) is 4.58. The van der Waals surface area contributed by atoms with Gasteiger partial charge in [-0.25, -0.2) is 9.18 Å². The molecule has 0 bridgehead atoms. The maximum absolute atomic E-state index is 13.0. The zero-order chi connectivity index (χ0) is 15.1. The van der Waals surface area contributed by atoms with Crippen molar-refractivity contribution in [3.63, 3.8) is 0 Å². The van der Waals surface area contributed by atoms with Crippen LogP contribution in [-0.4, -0.2) is 19.2 Å². The fourth-order valence-corrected chi connectivity index (χ4v) is 1.78. The Hall–Kier alpha value is -2.27. The van der Waals surface area contributed by atoms with E-state index in [2.05, 4.69) is 10.6 Å². The smallest absolute Gasteiger partial charge is 0.319 e. The molecule has 0 unspecified atom stereocenters. The average Bonchev–Trinajstić information content (AvgIpc) is 2.49. The lowest BCUT2D eigenvalue weighted by atomic mass is 10.3. The van der Waals surface area contributed by atoms with E-state index < -0.39 is 11.8 Å². The molecule has 110 valence electrons. The molecule has 2 amide bonds. The Morgan fingerprint density at radius 2 is 1.95 bits per heavy atom. The van der Waals surface area contributed by atoms with Gasteiger partial charge >= 0.3 is 6.03 Å². The lowest BCUT2D eigenvalue weighted by Crippen LogP contribution is -2.32. The van der Waals surface area contributed by atoms with Gasteiger partial charge in [-0.15, -0.1) is 0 Å². The number of nitrogens with one attached hydrogen (secondary N) is 2. The Morgan fingerprint density at radius 3 is 2.67 bits per heavy atom. The number of amides is 2. The summed E-state index contributed by atoms with van der Waals surface area (Å²) >= 11 is 5.63. The Bertz CT molecular complexity index is 608. The molecule has 2 N–H and O–H groups in total. The fraction of sp³-hybridized carbons (Fsp3) is 0.133. The number of para-hydroxylation sites is 1. The third-order valence-electron chi connectivity index (χ3n) is 2.58. The van der Waals surface area contributed by atoms with Crippen LogP contribution in [0.15, 0.2) is 48.5 Å². The SMILES string of the molecule is O=C(NCCOc1ccccc1)Nc1ccc(F)c(Cl)c1. The number of carbonyl (C=O) groups excluding carboxylic acids is 1. The number of halogens is 2. The Morgan fingerprint density at radius 1 is 1.19 bits per heavy atom. The van der Waals surface area contributed by atoms with Crippen LogP contribution in [0.5, 0.6) is 5.75 Å². The minimum atomic E-state index is -0.529. The number of benzene rings is 2. The third kappa shape index (κ3) is 4.96. The highest BCUT2D eigenvalue weighted by Crippen LogP contribution is 2.19. The number of rotatable bonds is 5. The van der Waals surface area contributed by atoms with Crippen LogP contribution in [0.1, 0.15) is 0 Å². The van der Waals surface area contributed by atoms with Gasteiger partial charge in [0.05, 0.1) is 11.6 Å². The first kappa shape index (κ1) is 15.1. The first-order valence-electron chi connectivity index (χ1n) is 6.33. The maximum Gasteiger partial charge on any atom is 0.319 e. The highest BCUT2D eigenvalue weighted by atomic mass is 35.5. The van der Waals surface area contributed by atoms with E-state index >= 15 is 0 Å². The van der Waals surface area contributed by atoms with E-state index in [1.165, 1.54) is 18.2 Å². The van der Waals surface area contributed by atoms with Gasteiger partial charge in [0.25, 0.3) is 0 Å². The molecule has 0 aliphatic heterocycles. The van der Waals surface area contributed by atoms with Gasteiger partial charge in [-0.1, -0.05) is 29.8 Å². The molecule has 2 aromatic rings. The molecule has 2 aromatic carbocycles. The molecule has 0 atom stereocenters. The van der Waals surface area contributed by atoms with Gasteiger partial charge in [0.1, 0.15) is 18.2 Å². The summed E-state index contributed by atoms with van der Waals surface area (Å²) in [5, 5.41) is 5.13. The molecule has 0 saturated heterocycles. The van der Waals surface area contributed by atoms with Crippen LogP contribution >= 0.6 is 11.6 Å². The molecular formula is C15H14ClFN2O2. The molecule has 0 spiro atoms. The largest absolute Gasteiger partial charge is 0.492 e. The number of urea groups is 1. The van der Waals surface area contributed by atoms with Gasteiger partial charge in [-0.2, -0.15) is 0 Å². The molecule has 0 fully saturated rings. The molecule has 4 nitrogen and oxygen atoms in total. The molecule has 21 heavy (non-hydrogen) atoms. The van der Waals surface area contributed by atoms with Crippen LogP contribution in [0.4, 0.5) is 14.9 Å². The minimum Gasteiger partial charge on any atom is -0.492 e. The molecule has 6 heteroatoms. The van der Waals surface area contributed by atoms with E-state index in [0.717, 1.165) is 5.75 Å². The van der Waals surface area contributed by atoms with E-state index in [0.29, 0.717) is 18.8 Å². The number of ether oxygens (including phenoxy) is 1. The molecule has 0 heterocycles. The topological polar surface area (TPSA) is 50.4 Å². The third-order valence-corrected chi connectivity index (χ3v) is 2.87. The molecule has 0 radical (unpaired) electrons. The maximum atomic E-state index is 13.0. The number of hydrogen-bond acceptors (Lipinski definition) is 2. The standard InChI is InChI=1S/C15H14ClFN2O2/c16-13-10-11(6-7-14(13)17)19-15(20)18-8-9-21-12-4-2-1-3-5-12/h1-7,10H,8-9H2,(H2,18,19,20). The Kier molecular flexibility index (Phi) is 5.40. The van der Waals surface area contributed by atoms with E-state index in [4.69, 9.17) is 16.3 Å². The van der Waals surface area contributed by atoms with Crippen molar-refractivity contribution < 1.29 is 13.9 Å². The van der Waals surface area contributed by atoms with Gasteiger partial charge in [0, 0.05) is 5.69 Å². The van der Waals surface area contributed by atoms with Crippen LogP contribution < -0.4 is 15.4 Å². The van der Waals surface area contributed by atoms with Gasteiger partial charge in [-0.05, 0) is 30.3 Å². The highest BCUT2D eigenvalue weighted by Gasteiger charge is 2.04. The molecule has 0 saturated carbocycles. The molecule has 0 aliphatic carbocycles. The average molecular weight is 309 g/mol. The van der Waals surface area contributed by atoms with E-state index in [1.54, 1.807) is 0 Å². The fourth-order valence-electron chi connectivity index (χ4n) is 1.60. The van der Waals surface area contributed by atoms with Crippen LogP contribution in [0.2, 0.25) is 5.02 Å². The zero-order valence-electron chi connectivity index (χ0n) is 11.1. The summed E-state index contributed by atoms with van der Waals surface area (Å²) in [5.41, 5.74) is 0.419. The summed E-state index contributed by atoms with van der Waals surface area (Å²) in [7, 11) is 0. The van der Waals surface area contributed by atoms with Crippen molar-refractivity contribution in [3.8, 4) is 5.75 Å². The number of anilines is 1. The van der Waals surface area contributed by atoms with Gasteiger partial charge in [0.2, 0.25) is 0 Å². The van der Waals surface area contributed by atoms with Crippen LogP contribution in [0.25, 0.3) is 0 Å². The van der Waals surface area contributed by atoms with Crippen molar-refractivity contribution in [3.05, 3.63) is 59.4 Å². The molecule has 0 aromatic heterocycles. The Balaban J connectivity index is 1.71. The van der Waals surface area contributed by atoms with Crippen molar-refractivity contribution in [2.75, 3.05) is 18.5 Å². The first-order valence-corrected chi connectivity index (χ1v) is 6.71. The molecule has 0 aliphatic rings. The lowest BCUT2D eigenvalue weighted by molar-refractivity contribution is 0.247. The molecule has 2 rings (SSSR count). The second-order valence-electron chi connectivity index (χ2n) is 4.17. The zero-order valence-corrected chi connectivity index (χ0v) is 11.9. The summed E-state index contributed by atoms with van der Waals surface area (Å²) in [6.45, 7) is 0.692. The van der Waals surface area contributed by atoms with Crippen LogP contribution in [-0.2, 0) is 0 Å². The summed E-state index contributed by atoms with van der Waals surface area (Å²) in [5.74, 6) is 0.212. The monoisotopic (exact) mass is 308 g/mol. The van der Waals surface area contributed by atoms with Gasteiger partial charge in [-0.3, -0.25) is 0 Å². The van der Waals surface area contributed by atoms with E-state index in [1.807, 2.05) is 30.3 Å². The summed E-state index contributed by atoms with van der Waals surface area (Å²) in [4.78, 5) is 11.6. The summed E-state index contributed by atoms with van der Waals surface area (Å²) < 4.78 is 18.4. The first-order chi connectivity index (χ1) is 10.1. The summed E-state index contributed by atoms with van der Waals surface area (Å²) in [6, 6.07) is 12.9. The van der Waals surface area contributed by atoms with Crippen molar-refractivity contribution in [1.29, 1.82) is 0 Å². The normalized spacial score (nSPS) is 10.0. The summed E-state index contributed by atoms with van der Waals surface area (Å²) in [6.07, 6.45) is 0. The minimum absolute atomic E-state index is 0.0415. The predicted molar refractivity (Wildman–Crippen MR) is 80.4 cm³/mol. The van der Waals surface area contributed by atoms with Gasteiger partial charge in [0.15, 0.2) is 0 Å². The number of hydrogen-bond donors (Lipinski definition) is 2. The van der Waals surface area contributed by atoms with Crippen LogP contribution in [0, 0.1) is 5.82 Å².